The maximum Gasteiger partial charge on any atom is 0.253 e. The third kappa shape index (κ3) is 3.07. The van der Waals surface area contributed by atoms with E-state index in [0.29, 0.717) is 18.2 Å². The van der Waals surface area contributed by atoms with Crippen LogP contribution in [0.1, 0.15) is 35.1 Å². The highest BCUT2D eigenvalue weighted by Gasteiger charge is 2.25. The number of amides is 1. The first-order valence-electron chi connectivity index (χ1n) is 7.22. The molecule has 5 heteroatoms. The molecule has 0 saturated heterocycles. The van der Waals surface area contributed by atoms with Gasteiger partial charge in [0, 0.05) is 43.8 Å². The molecule has 1 fully saturated rings. The fourth-order valence-electron chi connectivity index (χ4n) is 2.34. The largest absolute Gasteiger partial charge is 0.378 e. The van der Waals surface area contributed by atoms with E-state index in [2.05, 4.69) is 14.9 Å². The van der Waals surface area contributed by atoms with E-state index in [0.717, 1.165) is 11.5 Å². The average Bonchev–Trinajstić information content (AvgIpc) is 3.23. The van der Waals surface area contributed by atoms with Gasteiger partial charge in [-0.05, 0) is 37.1 Å². The van der Waals surface area contributed by atoms with Crippen LogP contribution >= 0.6 is 0 Å². The molecule has 1 N–H and O–H groups in total. The monoisotopic (exact) mass is 284 g/mol. The second-order valence-electron chi connectivity index (χ2n) is 5.61. The van der Waals surface area contributed by atoms with Crippen LogP contribution in [0.15, 0.2) is 36.7 Å². The number of nitrogens with one attached hydrogen (secondary N) is 1. The molecule has 0 atom stereocenters. The van der Waals surface area contributed by atoms with Crippen LogP contribution in [-0.4, -0.2) is 34.5 Å². The Morgan fingerprint density at radius 1 is 1.33 bits per heavy atom. The second kappa shape index (κ2) is 5.60. The van der Waals surface area contributed by atoms with E-state index in [9.17, 15) is 4.79 Å². The maximum atomic E-state index is 11.8. The minimum absolute atomic E-state index is 0.0193. The molecule has 1 amide bonds. The highest BCUT2D eigenvalue weighted by Crippen LogP contribution is 2.35. The van der Waals surface area contributed by atoms with Crippen LogP contribution in [0, 0.1) is 0 Å². The molecular weight excluding hydrogens is 264 g/mol. The molecule has 1 aromatic carbocycles. The Morgan fingerprint density at radius 3 is 2.67 bits per heavy atom. The molecule has 1 saturated carbocycles. The van der Waals surface area contributed by atoms with Crippen LogP contribution in [0.3, 0.4) is 0 Å². The first kappa shape index (κ1) is 13.7. The number of aromatic nitrogens is 2. The Morgan fingerprint density at radius 2 is 2.05 bits per heavy atom. The predicted octanol–water partition coefficient (Wildman–Crippen LogP) is 2.53. The average molecular weight is 284 g/mol. The summed E-state index contributed by atoms with van der Waals surface area (Å²) < 4.78 is 2.25. The van der Waals surface area contributed by atoms with Crippen LogP contribution in [0.4, 0.5) is 5.69 Å². The van der Waals surface area contributed by atoms with Crippen molar-refractivity contribution in [3.63, 3.8) is 0 Å². The van der Waals surface area contributed by atoms with E-state index in [4.69, 9.17) is 0 Å². The standard InChI is InChI=1S/C16H20N4O/c1-19(2)16(21)12-3-5-13(6-4-12)18-11-15-17-9-10-20(15)14-7-8-14/h3-6,9-10,14,18H,7-8,11H2,1-2H3. The van der Waals surface area contributed by atoms with Crippen LogP contribution in [0.2, 0.25) is 0 Å². The number of hydrogen-bond acceptors (Lipinski definition) is 3. The van der Waals surface area contributed by atoms with E-state index in [1.54, 1.807) is 19.0 Å². The summed E-state index contributed by atoms with van der Waals surface area (Å²) in [5.74, 6) is 1.08. The van der Waals surface area contributed by atoms with E-state index < -0.39 is 0 Å². The summed E-state index contributed by atoms with van der Waals surface area (Å²) in [7, 11) is 3.51. The van der Waals surface area contributed by atoms with E-state index in [-0.39, 0.29) is 5.91 Å². The topological polar surface area (TPSA) is 50.2 Å². The highest BCUT2D eigenvalue weighted by atomic mass is 16.2. The minimum atomic E-state index is 0.0193. The summed E-state index contributed by atoms with van der Waals surface area (Å²) in [6, 6.07) is 8.20. The molecule has 0 bridgehead atoms. The minimum Gasteiger partial charge on any atom is -0.378 e. The van der Waals surface area contributed by atoms with Gasteiger partial charge in [-0.25, -0.2) is 4.98 Å². The van der Waals surface area contributed by atoms with Gasteiger partial charge in [-0.3, -0.25) is 4.79 Å². The van der Waals surface area contributed by atoms with Gasteiger partial charge in [-0.2, -0.15) is 0 Å². The highest BCUT2D eigenvalue weighted by molar-refractivity contribution is 5.94. The lowest BCUT2D eigenvalue weighted by Gasteiger charge is -2.12. The van der Waals surface area contributed by atoms with Crippen molar-refractivity contribution in [2.75, 3.05) is 19.4 Å². The number of imidazole rings is 1. The van der Waals surface area contributed by atoms with Crippen molar-refractivity contribution >= 4 is 11.6 Å². The SMILES string of the molecule is CN(C)C(=O)c1ccc(NCc2nccn2C2CC2)cc1. The summed E-state index contributed by atoms with van der Waals surface area (Å²) in [5.41, 5.74) is 1.70. The number of hydrogen-bond donors (Lipinski definition) is 1. The molecule has 3 rings (SSSR count). The zero-order valence-electron chi connectivity index (χ0n) is 12.4. The van der Waals surface area contributed by atoms with Crippen LogP contribution in [0.25, 0.3) is 0 Å². The van der Waals surface area contributed by atoms with E-state index >= 15 is 0 Å². The summed E-state index contributed by atoms with van der Waals surface area (Å²) >= 11 is 0. The quantitative estimate of drug-likeness (QED) is 0.918. The fraction of sp³-hybridized carbons (Fsp3) is 0.375. The van der Waals surface area contributed by atoms with Gasteiger partial charge in [-0.15, -0.1) is 0 Å². The molecule has 1 aliphatic carbocycles. The third-order valence-corrected chi connectivity index (χ3v) is 3.68. The second-order valence-corrected chi connectivity index (χ2v) is 5.61. The molecule has 0 aliphatic heterocycles. The number of carbonyl (C=O) groups excluding carboxylic acids is 1. The van der Waals surface area contributed by atoms with Crippen molar-refractivity contribution in [2.24, 2.45) is 0 Å². The summed E-state index contributed by atoms with van der Waals surface area (Å²) in [6.45, 7) is 0.699. The first-order valence-corrected chi connectivity index (χ1v) is 7.22. The molecule has 1 aliphatic rings. The van der Waals surface area contributed by atoms with Crippen molar-refractivity contribution in [2.45, 2.75) is 25.4 Å². The van der Waals surface area contributed by atoms with Gasteiger partial charge < -0.3 is 14.8 Å². The van der Waals surface area contributed by atoms with Crippen LogP contribution in [-0.2, 0) is 6.54 Å². The normalized spacial score (nSPS) is 14.0. The van der Waals surface area contributed by atoms with Crippen molar-refractivity contribution in [1.82, 2.24) is 14.5 Å². The number of benzene rings is 1. The number of rotatable bonds is 5. The Bertz CT molecular complexity index is 626. The van der Waals surface area contributed by atoms with Gasteiger partial charge in [0.25, 0.3) is 5.91 Å². The Balaban J connectivity index is 1.63. The fourth-order valence-corrected chi connectivity index (χ4v) is 2.34. The summed E-state index contributed by atoms with van der Waals surface area (Å²) in [6.07, 6.45) is 6.41. The van der Waals surface area contributed by atoms with Crippen molar-refractivity contribution in [3.8, 4) is 0 Å². The van der Waals surface area contributed by atoms with Gasteiger partial charge in [0.05, 0.1) is 6.54 Å². The molecular formula is C16H20N4O. The van der Waals surface area contributed by atoms with Crippen LogP contribution in [0.5, 0.6) is 0 Å². The molecule has 21 heavy (non-hydrogen) atoms. The van der Waals surface area contributed by atoms with Crippen molar-refractivity contribution < 1.29 is 4.79 Å². The lowest BCUT2D eigenvalue weighted by Crippen LogP contribution is -2.21. The molecule has 110 valence electrons. The summed E-state index contributed by atoms with van der Waals surface area (Å²) in [5, 5.41) is 3.36. The molecule has 0 unspecified atom stereocenters. The zero-order chi connectivity index (χ0) is 14.8. The predicted molar refractivity (Wildman–Crippen MR) is 82.3 cm³/mol. The Kier molecular flexibility index (Phi) is 3.64. The zero-order valence-corrected chi connectivity index (χ0v) is 12.4. The Hall–Kier alpha value is -2.30. The smallest absolute Gasteiger partial charge is 0.253 e. The third-order valence-electron chi connectivity index (χ3n) is 3.68. The molecule has 0 radical (unpaired) electrons. The molecule has 1 heterocycles. The first-order chi connectivity index (χ1) is 10.1. The van der Waals surface area contributed by atoms with Gasteiger partial charge in [0.1, 0.15) is 5.82 Å². The summed E-state index contributed by atoms with van der Waals surface area (Å²) in [4.78, 5) is 17.8. The van der Waals surface area contributed by atoms with Crippen LogP contribution < -0.4 is 5.32 Å². The number of nitrogens with zero attached hydrogens (tertiary/aromatic N) is 3. The lowest BCUT2D eigenvalue weighted by atomic mass is 10.2. The molecule has 1 aromatic heterocycles. The molecule has 5 nitrogen and oxygen atoms in total. The van der Waals surface area contributed by atoms with Gasteiger partial charge in [0.2, 0.25) is 0 Å². The van der Waals surface area contributed by atoms with Crippen molar-refractivity contribution in [3.05, 3.63) is 48.0 Å². The van der Waals surface area contributed by atoms with Gasteiger partial charge in [-0.1, -0.05) is 0 Å². The van der Waals surface area contributed by atoms with Crippen molar-refractivity contribution in [1.29, 1.82) is 0 Å². The van der Waals surface area contributed by atoms with E-state index in [1.165, 1.54) is 12.8 Å². The maximum absolute atomic E-state index is 11.8. The molecule has 2 aromatic rings. The number of anilines is 1. The van der Waals surface area contributed by atoms with Gasteiger partial charge in [0.15, 0.2) is 0 Å². The van der Waals surface area contributed by atoms with E-state index in [1.807, 2.05) is 36.7 Å². The molecule has 0 spiro atoms. The lowest BCUT2D eigenvalue weighted by molar-refractivity contribution is 0.0827. The Labute approximate surface area is 124 Å². The van der Waals surface area contributed by atoms with Gasteiger partial charge >= 0.3 is 0 Å². The number of carbonyl (C=O) groups is 1.